The van der Waals surface area contributed by atoms with Gasteiger partial charge in [-0.1, -0.05) is 12.7 Å². The first-order valence-electron chi connectivity index (χ1n) is 10.7. The van der Waals surface area contributed by atoms with Crippen molar-refractivity contribution in [2.24, 2.45) is 10.9 Å². The molecule has 1 aliphatic carbocycles. The van der Waals surface area contributed by atoms with Gasteiger partial charge in [0, 0.05) is 31.4 Å². The molecule has 1 saturated heterocycles. The second-order valence-corrected chi connectivity index (χ2v) is 8.09. The fourth-order valence-electron chi connectivity index (χ4n) is 3.75. The standard InChI is InChI=1S/C23H23N7O3/c1-3-4-17(24-2)21-18(13-30(28-21)16-11-29(12-16)23(32)14-5-6-14)27-22(31)20-8-7-19(33-20)15-9-25-26-10-15/h3-4,7-10,13-14,16H,1-2,5-6,11-12H2,(H,25,26)(H,27,31)/b17-4-. The summed E-state index contributed by atoms with van der Waals surface area (Å²) in [6, 6.07) is 3.34. The van der Waals surface area contributed by atoms with Gasteiger partial charge in [-0.05, 0) is 37.8 Å². The van der Waals surface area contributed by atoms with Crippen molar-refractivity contribution >= 4 is 29.9 Å². The number of aromatic amines is 1. The van der Waals surface area contributed by atoms with E-state index < -0.39 is 5.91 Å². The van der Waals surface area contributed by atoms with Crippen LogP contribution in [0.15, 0.2) is 58.9 Å². The van der Waals surface area contributed by atoms with E-state index in [1.165, 1.54) is 0 Å². The molecule has 0 unspecified atom stereocenters. The Morgan fingerprint density at radius 1 is 1.30 bits per heavy atom. The normalized spacial score (nSPS) is 16.4. The van der Waals surface area contributed by atoms with Crippen LogP contribution in [0.3, 0.4) is 0 Å². The fourth-order valence-corrected chi connectivity index (χ4v) is 3.75. The highest BCUT2D eigenvalue weighted by molar-refractivity contribution is 6.03. The van der Waals surface area contributed by atoms with Crippen LogP contribution in [0.25, 0.3) is 17.0 Å². The summed E-state index contributed by atoms with van der Waals surface area (Å²) in [7, 11) is 0. The van der Waals surface area contributed by atoms with E-state index in [0.29, 0.717) is 35.9 Å². The lowest BCUT2D eigenvalue weighted by atomic mass is 10.1. The van der Waals surface area contributed by atoms with Crippen LogP contribution in [0.4, 0.5) is 5.69 Å². The average Bonchev–Trinajstić information content (AvgIpc) is 3.16. The van der Waals surface area contributed by atoms with E-state index in [2.05, 4.69) is 38.9 Å². The number of likely N-dealkylation sites (tertiary alicyclic amines) is 1. The fraction of sp³-hybridized carbons (Fsp3) is 0.261. The SMILES string of the molecule is C=C/C=C(\N=C)c1nn(C2CN(C(=O)C3CC3)C2)cc1NC(=O)c1ccc(-c2cn[nH]c2)o1. The van der Waals surface area contributed by atoms with Gasteiger partial charge in [0.1, 0.15) is 11.5 Å². The minimum Gasteiger partial charge on any atom is -0.451 e. The van der Waals surface area contributed by atoms with Gasteiger partial charge < -0.3 is 14.6 Å². The number of H-pyrrole nitrogens is 1. The van der Waals surface area contributed by atoms with Gasteiger partial charge in [0.25, 0.3) is 5.91 Å². The highest BCUT2D eigenvalue weighted by Crippen LogP contribution is 2.35. The van der Waals surface area contributed by atoms with Crippen molar-refractivity contribution in [3.05, 3.63) is 60.9 Å². The molecule has 0 bridgehead atoms. The molecule has 33 heavy (non-hydrogen) atoms. The van der Waals surface area contributed by atoms with Gasteiger partial charge in [0.15, 0.2) is 5.76 Å². The lowest BCUT2D eigenvalue weighted by molar-refractivity contribution is -0.138. The van der Waals surface area contributed by atoms with Crippen molar-refractivity contribution in [3.63, 3.8) is 0 Å². The van der Waals surface area contributed by atoms with Gasteiger partial charge in [0.2, 0.25) is 5.91 Å². The van der Waals surface area contributed by atoms with E-state index in [-0.39, 0.29) is 23.6 Å². The van der Waals surface area contributed by atoms with Gasteiger partial charge >= 0.3 is 0 Å². The number of aliphatic imine (C=N–C) groups is 1. The number of furan rings is 1. The van der Waals surface area contributed by atoms with Crippen molar-refractivity contribution in [3.8, 4) is 11.3 Å². The smallest absolute Gasteiger partial charge is 0.291 e. The Morgan fingerprint density at radius 2 is 2.12 bits per heavy atom. The van der Waals surface area contributed by atoms with Crippen LogP contribution in [0, 0.1) is 5.92 Å². The Hall–Kier alpha value is -4.21. The molecule has 5 rings (SSSR count). The lowest BCUT2D eigenvalue weighted by Crippen LogP contribution is -2.51. The molecular weight excluding hydrogens is 422 g/mol. The highest BCUT2D eigenvalue weighted by atomic mass is 16.4. The molecule has 10 nitrogen and oxygen atoms in total. The van der Waals surface area contributed by atoms with E-state index in [1.807, 2.05) is 4.90 Å². The number of nitrogens with zero attached hydrogens (tertiary/aromatic N) is 5. The highest BCUT2D eigenvalue weighted by Gasteiger charge is 2.40. The first kappa shape index (κ1) is 20.7. The number of carbonyl (C=O) groups is 2. The van der Waals surface area contributed by atoms with Crippen molar-refractivity contribution in [2.75, 3.05) is 18.4 Å². The number of aromatic nitrogens is 4. The van der Waals surface area contributed by atoms with E-state index in [0.717, 1.165) is 18.4 Å². The second-order valence-electron chi connectivity index (χ2n) is 8.09. The molecule has 2 amide bonds. The quantitative estimate of drug-likeness (QED) is 0.408. The van der Waals surface area contributed by atoms with Crippen LogP contribution in [-0.4, -0.2) is 56.5 Å². The largest absolute Gasteiger partial charge is 0.451 e. The number of nitrogens with one attached hydrogen (secondary N) is 2. The molecule has 3 aromatic rings. The zero-order chi connectivity index (χ0) is 22.9. The monoisotopic (exact) mass is 445 g/mol. The van der Waals surface area contributed by atoms with Crippen molar-refractivity contribution in [2.45, 2.75) is 18.9 Å². The molecule has 4 heterocycles. The molecule has 3 aromatic heterocycles. The maximum atomic E-state index is 12.9. The Morgan fingerprint density at radius 3 is 2.79 bits per heavy atom. The van der Waals surface area contributed by atoms with Gasteiger partial charge in [-0.2, -0.15) is 10.2 Å². The van der Waals surface area contributed by atoms with Gasteiger partial charge in [-0.25, -0.2) is 0 Å². The topological polar surface area (TPSA) is 121 Å². The molecule has 1 saturated carbocycles. The zero-order valence-corrected chi connectivity index (χ0v) is 17.9. The summed E-state index contributed by atoms with van der Waals surface area (Å²) in [4.78, 5) is 31.0. The number of hydrogen-bond acceptors (Lipinski definition) is 6. The van der Waals surface area contributed by atoms with Gasteiger partial charge in [-0.15, -0.1) is 0 Å². The number of rotatable bonds is 8. The minimum absolute atomic E-state index is 0.0307. The van der Waals surface area contributed by atoms with E-state index in [4.69, 9.17) is 4.42 Å². The predicted octanol–water partition coefficient (Wildman–Crippen LogP) is 3.14. The molecule has 168 valence electrons. The molecule has 2 N–H and O–H groups in total. The summed E-state index contributed by atoms with van der Waals surface area (Å²) in [5.41, 5.74) is 2.15. The summed E-state index contributed by atoms with van der Waals surface area (Å²) in [5, 5.41) is 14.1. The van der Waals surface area contributed by atoms with Crippen LogP contribution >= 0.6 is 0 Å². The van der Waals surface area contributed by atoms with Crippen LogP contribution in [0.5, 0.6) is 0 Å². The maximum absolute atomic E-state index is 12.9. The van der Waals surface area contributed by atoms with Crippen molar-refractivity contribution in [1.82, 2.24) is 24.9 Å². The first-order chi connectivity index (χ1) is 16.1. The lowest BCUT2D eigenvalue weighted by Gasteiger charge is -2.39. The Bertz CT molecular complexity index is 1240. The summed E-state index contributed by atoms with van der Waals surface area (Å²) >= 11 is 0. The molecule has 0 radical (unpaired) electrons. The molecule has 2 fully saturated rings. The molecule has 1 aliphatic heterocycles. The molecule has 2 aliphatic rings. The Labute approximate surface area is 189 Å². The maximum Gasteiger partial charge on any atom is 0.291 e. The van der Waals surface area contributed by atoms with Crippen molar-refractivity contribution in [1.29, 1.82) is 0 Å². The number of anilines is 1. The third-order valence-electron chi connectivity index (χ3n) is 5.76. The van der Waals surface area contributed by atoms with Gasteiger partial charge in [-0.3, -0.25) is 24.4 Å². The van der Waals surface area contributed by atoms with E-state index in [9.17, 15) is 9.59 Å². The molecular formula is C23H23N7O3. The van der Waals surface area contributed by atoms with Crippen LogP contribution in [0.2, 0.25) is 0 Å². The summed E-state index contributed by atoms with van der Waals surface area (Å²) in [5.74, 6) is 0.668. The molecule has 10 heteroatoms. The van der Waals surface area contributed by atoms with E-state index >= 15 is 0 Å². The third kappa shape index (κ3) is 4.02. The van der Waals surface area contributed by atoms with E-state index in [1.54, 1.807) is 47.6 Å². The summed E-state index contributed by atoms with van der Waals surface area (Å²) < 4.78 is 7.45. The van der Waals surface area contributed by atoms with Crippen molar-refractivity contribution < 1.29 is 14.0 Å². The third-order valence-corrected chi connectivity index (χ3v) is 5.76. The van der Waals surface area contributed by atoms with Crippen LogP contribution in [0.1, 0.15) is 35.1 Å². The molecule has 0 atom stereocenters. The number of allylic oxidation sites excluding steroid dienone is 2. The zero-order valence-electron chi connectivity index (χ0n) is 17.9. The number of amides is 2. The Balaban J connectivity index is 1.37. The Kier molecular flexibility index (Phi) is 5.25. The van der Waals surface area contributed by atoms with Crippen LogP contribution in [-0.2, 0) is 4.79 Å². The number of hydrogen-bond donors (Lipinski definition) is 2. The summed E-state index contributed by atoms with van der Waals surface area (Å²) in [6.45, 7) is 8.51. The first-order valence-corrected chi connectivity index (χ1v) is 10.7. The number of carbonyl (C=O) groups excluding carboxylic acids is 2. The molecule has 0 spiro atoms. The van der Waals surface area contributed by atoms with Crippen LogP contribution < -0.4 is 5.32 Å². The average molecular weight is 445 g/mol. The second kappa shape index (κ2) is 8.38. The minimum atomic E-state index is -0.424. The summed E-state index contributed by atoms with van der Waals surface area (Å²) in [6.07, 6.45) is 10.3. The molecule has 0 aromatic carbocycles. The predicted molar refractivity (Wildman–Crippen MR) is 123 cm³/mol. The van der Waals surface area contributed by atoms with Gasteiger partial charge in [0.05, 0.1) is 29.2 Å².